The first-order valence-corrected chi connectivity index (χ1v) is 13.1. The molecule has 0 bridgehead atoms. The summed E-state index contributed by atoms with van der Waals surface area (Å²) in [7, 11) is -9.35. The maximum Gasteiger partial charge on any atom is 0.349 e. The Balaban J connectivity index is 3.71. The molecule has 1 aliphatic rings. The predicted molar refractivity (Wildman–Crippen MR) is 107 cm³/mol. The van der Waals surface area contributed by atoms with Gasteiger partial charge in [0.15, 0.2) is 0 Å². The minimum Gasteiger partial charge on any atom is -0.307 e. The van der Waals surface area contributed by atoms with Crippen molar-refractivity contribution in [2.24, 2.45) is 13.5 Å². The maximum absolute atomic E-state index is 5.88. The second-order valence-corrected chi connectivity index (χ2v) is 11.2. The van der Waals surface area contributed by atoms with Gasteiger partial charge in [-0.05, 0) is 27.7 Å². The van der Waals surface area contributed by atoms with Gasteiger partial charge in [0.05, 0.1) is 39.6 Å². The molecule has 26 heavy (non-hydrogen) atoms. The van der Waals surface area contributed by atoms with Crippen LogP contribution in [-0.2, 0) is 27.1 Å². The molecule has 0 saturated heterocycles. The van der Waals surface area contributed by atoms with Gasteiger partial charge in [0.1, 0.15) is 0 Å². The quantitative estimate of drug-likeness (QED) is 0.235. The van der Waals surface area contributed by atoms with Gasteiger partial charge < -0.3 is 27.1 Å². The summed E-state index contributed by atoms with van der Waals surface area (Å²) in [6.45, 7) is 16.5. The number of rotatable bonds is 14. The lowest BCUT2D eigenvalue weighted by Crippen LogP contribution is -2.05. The topological polar surface area (TPSA) is 92.5 Å². The first-order valence-electron chi connectivity index (χ1n) is 8.49. The van der Waals surface area contributed by atoms with Crippen molar-refractivity contribution in [1.29, 1.82) is 0 Å². The molecule has 0 aromatic heterocycles. The molecule has 0 amide bonds. The van der Waals surface area contributed by atoms with Crippen LogP contribution >= 0.6 is 23.0 Å². The normalized spacial score (nSPS) is 27.1. The highest BCUT2D eigenvalue weighted by Gasteiger charge is 2.42. The van der Waals surface area contributed by atoms with Crippen molar-refractivity contribution in [3.63, 3.8) is 0 Å². The van der Waals surface area contributed by atoms with E-state index in [2.05, 4.69) is 26.7 Å². The van der Waals surface area contributed by atoms with Crippen LogP contribution in [0.4, 0.5) is 0 Å². The molecule has 9 nitrogen and oxygen atoms in total. The maximum atomic E-state index is 5.88. The standard InChI is InChI=1S/C14H30N3O6P3/c1-7-13-22-25(20-11-5)15-24(18-9-3,19-10-4)16-26(17-25,21-12-6)23-14-8-2/h7-8H,1-2,9-14H2,3-6H3. The summed E-state index contributed by atoms with van der Waals surface area (Å²) in [6, 6.07) is 0. The third-order valence-corrected chi connectivity index (χ3v) is 11.4. The molecule has 0 N–H and O–H groups in total. The van der Waals surface area contributed by atoms with E-state index in [4.69, 9.17) is 27.1 Å². The Morgan fingerprint density at radius 1 is 0.577 bits per heavy atom. The minimum absolute atomic E-state index is 0.201. The lowest BCUT2D eigenvalue weighted by Gasteiger charge is -2.32. The van der Waals surface area contributed by atoms with Crippen LogP contribution in [0.1, 0.15) is 27.7 Å². The molecular weight excluding hydrogens is 399 g/mol. The van der Waals surface area contributed by atoms with Gasteiger partial charge >= 0.3 is 23.0 Å². The van der Waals surface area contributed by atoms with Crippen molar-refractivity contribution in [3.05, 3.63) is 25.3 Å². The average molecular weight is 429 g/mol. The van der Waals surface area contributed by atoms with E-state index < -0.39 is 23.0 Å². The van der Waals surface area contributed by atoms with Crippen molar-refractivity contribution in [2.75, 3.05) is 39.6 Å². The highest BCUT2D eigenvalue weighted by atomic mass is 31.3. The molecule has 1 aliphatic heterocycles. The smallest absolute Gasteiger partial charge is 0.307 e. The van der Waals surface area contributed by atoms with Gasteiger partial charge in [-0.25, -0.2) is 0 Å². The monoisotopic (exact) mass is 429 g/mol. The van der Waals surface area contributed by atoms with Crippen LogP contribution in [-0.4, -0.2) is 39.6 Å². The zero-order chi connectivity index (χ0) is 19.5. The zero-order valence-electron chi connectivity index (χ0n) is 15.9. The van der Waals surface area contributed by atoms with Gasteiger partial charge in [-0.1, -0.05) is 12.2 Å². The Morgan fingerprint density at radius 3 is 1.08 bits per heavy atom. The fraction of sp³-hybridized carbons (Fsp3) is 0.714. The molecule has 0 aromatic carbocycles. The molecule has 0 aliphatic carbocycles. The lowest BCUT2D eigenvalue weighted by molar-refractivity contribution is 0.240. The average Bonchev–Trinajstić information content (AvgIpc) is 2.59. The molecule has 152 valence electrons. The van der Waals surface area contributed by atoms with Crippen molar-refractivity contribution in [3.8, 4) is 0 Å². The van der Waals surface area contributed by atoms with Crippen LogP contribution in [0, 0.1) is 0 Å². The summed E-state index contributed by atoms with van der Waals surface area (Å²) in [6.07, 6.45) is 3.20. The SMILES string of the molecule is C=CCOP1(OCC)=NP(OCC)(OCC)=NP(OCC)(OCC=C)=N1. The molecule has 0 radical (unpaired) electrons. The Hall–Kier alpha value is -0.0700. The van der Waals surface area contributed by atoms with Crippen molar-refractivity contribution >= 4 is 23.0 Å². The summed E-state index contributed by atoms with van der Waals surface area (Å²) in [5.41, 5.74) is 0. The highest BCUT2D eigenvalue weighted by Crippen LogP contribution is 2.80. The van der Waals surface area contributed by atoms with Gasteiger partial charge in [0.2, 0.25) is 0 Å². The molecule has 2 unspecified atom stereocenters. The Bertz CT molecular complexity index is 606. The molecule has 2 atom stereocenters. The van der Waals surface area contributed by atoms with Crippen LogP contribution in [0.15, 0.2) is 38.9 Å². The van der Waals surface area contributed by atoms with Crippen molar-refractivity contribution in [1.82, 2.24) is 0 Å². The van der Waals surface area contributed by atoms with Crippen LogP contribution in [0.2, 0.25) is 0 Å². The summed E-state index contributed by atoms with van der Waals surface area (Å²) >= 11 is 0. The van der Waals surface area contributed by atoms with Crippen LogP contribution in [0.25, 0.3) is 0 Å². The van der Waals surface area contributed by atoms with Gasteiger partial charge in [-0.3, -0.25) is 0 Å². The molecule has 0 aromatic rings. The summed E-state index contributed by atoms with van der Waals surface area (Å²) in [4.78, 5) is 0. The molecule has 0 saturated carbocycles. The summed E-state index contributed by atoms with van der Waals surface area (Å²) < 4.78 is 49.1. The third kappa shape index (κ3) is 6.52. The zero-order valence-corrected chi connectivity index (χ0v) is 18.6. The second kappa shape index (κ2) is 11.7. The van der Waals surface area contributed by atoms with Gasteiger partial charge in [-0.15, -0.1) is 26.7 Å². The Kier molecular flexibility index (Phi) is 10.8. The van der Waals surface area contributed by atoms with Crippen molar-refractivity contribution < 1.29 is 27.1 Å². The van der Waals surface area contributed by atoms with Gasteiger partial charge in [-0.2, -0.15) is 0 Å². The van der Waals surface area contributed by atoms with E-state index in [9.17, 15) is 0 Å². The van der Waals surface area contributed by atoms with Gasteiger partial charge in [0, 0.05) is 0 Å². The minimum atomic E-state index is -3.13. The Morgan fingerprint density at radius 2 is 0.846 bits per heavy atom. The number of hydrogen-bond donors (Lipinski definition) is 0. The predicted octanol–water partition coefficient (Wildman–Crippen LogP) is 6.39. The first-order chi connectivity index (χ1) is 12.5. The lowest BCUT2D eigenvalue weighted by atomic mass is 10.7. The van der Waals surface area contributed by atoms with E-state index >= 15 is 0 Å². The Labute approximate surface area is 156 Å². The summed E-state index contributed by atoms with van der Waals surface area (Å²) in [5.74, 6) is 0. The molecule has 0 spiro atoms. The summed E-state index contributed by atoms with van der Waals surface area (Å²) in [5, 5.41) is 0. The highest BCUT2D eigenvalue weighted by molar-refractivity contribution is 7.78. The van der Waals surface area contributed by atoms with E-state index in [0.717, 1.165) is 0 Å². The van der Waals surface area contributed by atoms with Crippen molar-refractivity contribution in [2.45, 2.75) is 27.7 Å². The van der Waals surface area contributed by atoms with E-state index in [0.29, 0.717) is 26.4 Å². The fourth-order valence-corrected chi connectivity index (χ4v) is 11.3. The largest absolute Gasteiger partial charge is 0.349 e. The molecule has 12 heteroatoms. The van der Waals surface area contributed by atoms with E-state index in [-0.39, 0.29) is 13.2 Å². The third-order valence-electron chi connectivity index (χ3n) is 2.59. The van der Waals surface area contributed by atoms with E-state index in [1.807, 2.05) is 27.7 Å². The van der Waals surface area contributed by atoms with E-state index in [1.54, 1.807) is 12.2 Å². The van der Waals surface area contributed by atoms with Crippen LogP contribution in [0.3, 0.4) is 0 Å². The molecule has 0 fully saturated rings. The number of hydrogen-bond acceptors (Lipinski definition) is 9. The molecule has 1 heterocycles. The van der Waals surface area contributed by atoms with Crippen LogP contribution in [0.5, 0.6) is 0 Å². The number of nitrogens with zero attached hydrogens (tertiary/aromatic N) is 3. The first kappa shape index (κ1) is 24.0. The van der Waals surface area contributed by atoms with E-state index in [1.165, 1.54) is 0 Å². The second-order valence-electron chi connectivity index (χ2n) is 4.58. The van der Waals surface area contributed by atoms with Gasteiger partial charge in [0.25, 0.3) is 0 Å². The molecule has 1 rings (SSSR count). The van der Waals surface area contributed by atoms with Crippen LogP contribution < -0.4 is 0 Å². The molecular formula is C14H30N3O6P3. The fourth-order valence-electron chi connectivity index (χ4n) is 1.88.